The fourth-order valence-electron chi connectivity index (χ4n) is 2.59. The van der Waals surface area contributed by atoms with Crippen molar-refractivity contribution in [3.63, 3.8) is 0 Å². The van der Waals surface area contributed by atoms with Gasteiger partial charge in [-0.15, -0.1) is 0 Å². The van der Waals surface area contributed by atoms with Crippen molar-refractivity contribution in [1.82, 2.24) is 4.98 Å². The fourth-order valence-corrected chi connectivity index (χ4v) is 2.59. The third kappa shape index (κ3) is 3.53. The van der Waals surface area contributed by atoms with E-state index in [4.69, 9.17) is 9.31 Å². The van der Waals surface area contributed by atoms with Crippen LogP contribution in [0.1, 0.15) is 27.7 Å². The van der Waals surface area contributed by atoms with E-state index < -0.39 is 24.9 Å². The first-order valence-electron chi connectivity index (χ1n) is 8.05. The molecule has 132 valence electrons. The topological polar surface area (TPSA) is 40.6 Å². The largest absolute Gasteiger partial charge is 0.494 e. The summed E-state index contributed by atoms with van der Waals surface area (Å²) < 4.78 is 42.2. The zero-order chi connectivity index (χ0) is 18.2. The first kappa shape index (κ1) is 17.8. The summed E-state index contributed by atoms with van der Waals surface area (Å²) in [7, 11) is -0.590. The number of rotatable bonds is 4. The summed E-state index contributed by atoms with van der Waals surface area (Å²) in [5.74, 6) is 0.0639. The molecule has 0 aliphatic carbocycles. The number of pyridine rings is 1. The van der Waals surface area contributed by atoms with E-state index in [2.05, 4.69) is 9.72 Å². The maximum absolute atomic E-state index is 12.7. The van der Waals surface area contributed by atoms with E-state index in [0.717, 1.165) is 5.46 Å². The van der Waals surface area contributed by atoms with Crippen LogP contribution in [-0.4, -0.2) is 29.9 Å². The molecule has 0 atom stereocenters. The molecule has 1 fully saturated rings. The zero-order valence-corrected chi connectivity index (χ0v) is 14.6. The van der Waals surface area contributed by atoms with Crippen molar-refractivity contribution in [2.45, 2.75) is 45.5 Å². The van der Waals surface area contributed by atoms with Crippen LogP contribution < -0.4 is 10.2 Å². The molecule has 0 unspecified atom stereocenters. The zero-order valence-electron chi connectivity index (χ0n) is 14.6. The quantitative estimate of drug-likeness (QED) is 0.792. The molecule has 1 aliphatic heterocycles. The molecule has 1 aliphatic rings. The first-order chi connectivity index (χ1) is 11.7. The Morgan fingerprint density at radius 1 is 1.04 bits per heavy atom. The van der Waals surface area contributed by atoms with E-state index in [-0.39, 0.29) is 5.75 Å². The second-order valence-electron chi connectivity index (χ2n) is 6.94. The van der Waals surface area contributed by atoms with Crippen molar-refractivity contribution in [2.24, 2.45) is 0 Å². The maximum atomic E-state index is 12.7. The summed E-state index contributed by atoms with van der Waals surface area (Å²) in [6.07, 6.45) is 1.60. The minimum Gasteiger partial charge on any atom is -0.434 e. The van der Waals surface area contributed by atoms with Crippen molar-refractivity contribution in [2.75, 3.05) is 0 Å². The highest BCUT2D eigenvalue weighted by Gasteiger charge is 2.51. The number of ether oxygens (including phenoxy) is 1. The summed E-state index contributed by atoms with van der Waals surface area (Å²) in [5.41, 5.74) is 0.757. The van der Waals surface area contributed by atoms with E-state index in [1.807, 2.05) is 27.7 Å². The molecular weight excluding hydrogens is 327 g/mol. The monoisotopic (exact) mass is 347 g/mol. The van der Waals surface area contributed by atoms with E-state index in [1.54, 1.807) is 36.5 Å². The van der Waals surface area contributed by atoms with Crippen LogP contribution in [0.15, 0.2) is 42.6 Å². The third-order valence-electron chi connectivity index (χ3n) is 4.69. The Hall–Kier alpha value is -1.99. The molecule has 0 saturated carbocycles. The number of alkyl halides is 2. The fraction of sp³-hybridized carbons (Fsp3) is 0.389. The highest BCUT2D eigenvalue weighted by Crippen LogP contribution is 2.37. The second-order valence-corrected chi connectivity index (χ2v) is 6.94. The second kappa shape index (κ2) is 6.39. The van der Waals surface area contributed by atoms with Crippen LogP contribution in [0.2, 0.25) is 0 Å². The van der Waals surface area contributed by atoms with Gasteiger partial charge in [0.2, 0.25) is 0 Å². The molecule has 2 aromatic rings. The summed E-state index contributed by atoms with van der Waals surface area (Å²) >= 11 is 0. The van der Waals surface area contributed by atoms with E-state index in [0.29, 0.717) is 11.3 Å². The predicted octanol–water partition coefficient (Wildman–Crippen LogP) is 3.65. The van der Waals surface area contributed by atoms with Crippen LogP contribution in [0.5, 0.6) is 5.75 Å². The van der Waals surface area contributed by atoms with Crippen LogP contribution >= 0.6 is 0 Å². The average molecular weight is 347 g/mol. The summed E-state index contributed by atoms with van der Waals surface area (Å²) in [6.45, 7) is 4.93. The van der Waals surface area contributed by atoms with Gasteiger partial charge in [0.05, 0.1) is 16.9 Å². The van der Waals surface area contributed by atoms with Crippen LogP contribution in [0, 0.1) is 0 Å². The van der Waals surface area contributed by atoms with Crippen LogP contribution in [0.4, 0.5) is 8.78 Å². The number of halogens is 2. The van der Waals surface area contributed by atoms with Crippen molar-refractivity contribution in [3.05, 3.63) is 42.6 Å². The van der Waals surface area contributed by atoms with Gasteiger partial charge in [0.1, 0.15) is 5.75 Å². The van der Waals surface area contributed by atoms with E-state index >= 15 is 0 Å². The molecule has 3 rings (SSSR count). The molecule has 0 bridgehead atoms. The minimum atomic E-state index is -2.91. The molecule has 1 saturated heterocycles. The van der Waals surface area contributed by atoms with Crippen molar-refractivity contribution in [3.8, 4) is 17.0 Å². The summed E-state index contributed by atoms with van der Waals surface area (Å²) in [5, 5.41) is 0. The number of hydrogen-bond acceptors (Lipinski definition) is 4. The van der Waals surface area contributed by atoms with Gasteiger partial charge in [-0.2, -0.15) is 8.78 Å². The lowest BCUT2D eigenvalue weighted by atomic mass is 9.78. The predicted molar refractivity (Wildman–Crippen MR) is 92.0 cm³/mol. The van der Waals surface area contributed by atoms with Gasteiger partial charge >= 0.3 is 13.7 Å². The van der Waals surface area contributed by atoms with Gasteiger partial charge in [0, 0.05) is 11.8 Å². The van der Waals surface area contributed by atoms with Crippen LogP contribution in [-0.2, 0) is 9.31 Å². The molecule has 25 heavy (non-hydrogen) atoms. The molecule has 4 nitrogen and oxygen atoms in total. The van der Waals surface area contributed by atoms with Crippen LogP contribution in [0.3, 0.4) is 0 Å². The lowest BCUT2D eigenvalue weighted by Gasteiger charge is -2.32. The maximum Gasteiger partial charge on any atom is 0.494 e. The minimum absolute atomic E-state index is 0.0639. The van der Waals surface area contributed by atoms with Crippen molar-refractivity contribution < 1.29 is 22.8 Å². The summed E-state index contributed by atoms with van der Waals surface area (Å²) in [4.78, 5) is 4.24. The van der Waals surface area contributed by atoms with Gasteiger partial charge in [0.25, 0.3) is 0 Å². The Bertz CT molecular complexity index is 737. The first-order valence-corrected chi connectivity index (χ1v) is 8.05. The molecule has 2 heterocycles. The molecule has 1 aromatic carbocycles. The average Bonchev–Trinajstić information content (AvgIpc) is 2.76. The smallest absolute Gasteiger partial charge is 0.434 e. The third-order valence-corrected chi connectivity index (χ3v) is 4.69. The van der Waals surface area contributed by atoms with Gasteiger partial charge in [-0.3, -0.25) is 4.98 Å². The Morgan fingerprint density at radius 2 is 1.72 bits per heavy atom. The number of aromatic nitrogens is 1. The van der Waals surface area contributed by atoms with Gasteiger partial charge in [0.15, 0.2) is 0 Å². The summed E-state index contributed by atoms with van der Waals surface area (Å²) in [6, 6.07) is 10.2. The number of nitrogens with zero attached hydrogens (tertiary/aromatic N) is 1. The Balaban J connectivity index is 2.01. The van der Waals surface area contributed by atoms with Crippen molar-refractivity contribution in [1.29, 1.82) is 0 Å². The van der Waals surface area contributed by atoms with Crippen LogP contribution in [0.25, 0.3) is 11.3 Å². The Labute approximate surface area is 146 Å². The van der Waals surface area contributed by atoms with Gasteiger partial charge < -0.3 is 14.0 Å². The molecule has 0 radical (unpaired) electrons. The van der Waals surface area contributed by atoms with E-state index in [1.165, 1.54) is 6.07 Å². The van der Waals surface area contributed by atoms with Gasteiger partial charge in [-0.25, -0.2) is 0 Å². The SMILES string of the molecule is CC1(C)OB(c2ccc(OC(F)F)c(-c3ccccn3)c2)OC1(C)C. The molecule has 0 N–H and O–H groups in total. The molecule has 1 aromatic heterocycles. The van der Waals surface area contributed by atoms with Gasteiger partial charge in [-0.1, -0.05) is 12.1 Å². The Morgan fingerprint density at radius 3 is 2.28 bits per heavy atom. The number of hydrogen-bond donors (Lipinski definition) is 0. The number of benzene rings is 1. The van der Waals surface area contributed by atoms with Gasteiger partial charge in [-0.05, 0) is 57.4 Å². The molecule has 0 spiro atoms. The molecule has 7 heteroatoms. The van der Waals surface area contributed by atoms with Crippen molar-refractivity contribution >= 4 is 12.6 Å². The normalized spacial score (nSPS) is 18.6. The molecular formula is C18H20BF2NO3. The standard InChI is InChI=1S/C18H20BF2NO3/c1-17(2)18(3,4)25-19(24-17)12-8-9-15(23-16(20)21)13(11-12)14-7-5-6-10-22-14/h5-11,16H,1-4H3. The van der Waals surface area contributed by atoms with E-state index in [9.17, 15) is 8.78 Å². The lowest BCUT2D eigenvalue weighted by Crippen LogP contribution is -2.41. The highest BCUT2D eigenvalue weighted by atomic mass is 19.3. The Kier molecular flexibility index (Phi) is 4.55. The lowest BCUT2D eigenvalue weighted by molar-refractivity contribution is -0.0494. The molecule has 0 amide bonds. The highest BCUT2D eigenvalue weighted by molar-refractivity contribution is 6.62.